The van der Waals surface area contributed by atoms with E-state index in [9.17, 15) is 8.78 Å². The Morgan fingerprint density at radius 2 is 2.11 bits per heavy atom. The van der Waals surface area contributed by atoms with Crippen molar-refractivity contribution < 1.29 is 13.3 Å². The standard InChI is InChI=1S/C13H13F2N3O/c1-6-2-5-8(14)9(10(6)15)13-17-12(18-19-13)11(16)7-3-4-7/h2,5,7,11H,3-4,16H2,1H3. The average molecular weight is 265 g/mol. The van der Waals surface area contributed by atoms with E-state index in [1.165, 1.54) is 12.1 Å². The van der Waals surface area contributed by atoms with Crippen LogP contribution < -0.4 is 5.73 Å². The summed E-state index contributed by atoms with van der Waals surface area (Å²) < 4.78 is 32.6. The first-order valence-electron chi connectivity index (χ1n) is 6.12. The van der Waals surface area contributed by atoms with Gasteiger partial charge in [0, 0.05) is 0 Å². The fourth-order valence-corrected chi connectivity index (χ4v) is 1.99. The Bertz CT molecular complexity index is 622. The molecule has 4 nitrogen and oxygen atoms in total. The number of nitrogens with two attached hydrogens (primary N) is 1. The molecule has 1 saturated carbocycles. The van der Waals surface area contributed by atoms with Gasteiger partial charge < -0.3 is 10.3 Å². The highest BCUT2D eigenvalue weighted by atomic mass is 19.1. The largest absolute Gasteiger partial charge is 0.334 e. The summed E-state index contributed by atoms with van der Waals surface area (Å²) in [6, 6.07) is 2.22. The van der Waals surface area contributed by atoms with Crippen molar-refractivity contribution in [2.45, 2.75) is 25.8 Å². The van der Waals surface area contributed by atoms with Crippen LogP contribution in [0.3, 0.4) is 0 Å². The molecule has 3 rings (SSSR count). The highest BCUT2D eigenvalue weighted by Crippen LogP contribution is 2.39. The second-order valence-corrected chi connectivity index (χ2v) is 4.87. The van der Waals surface area contributed by atoms with Crippen molar-refractivity contribution in [1.29, 1.82) is 0 Å². The Morgan fingerprint density at radius 3 is 2.79 bits per heavy atom. The Kier molecular flexibility index (Phi) is 2.82. The lowest BCUT2D eigenvalue weighted by Crippen LogP contribution is -2.13. The van der Waals surface area contributed by atoms with Crippen LogP contribution in [0.2, 0.25) is 0 Å². The normalized spacial score (nSPS) is 16.6. The molecule has 1 aliphatic carbocycles. The summed E-state index contributed by atoms with van der Waals surface area (Å²) in [7, 11) is 0. The minimum atomic E-state index is -0.724. The molecule has 1 fully saturated rings. The number of hydrogen-bond acceptors (Lipinski definition) is 4. The number of halogens is 2. The smallest absolute Gasteiger partial charge is 0.263 e. The van der Waals surface area contributed by atoms with E-state index in [0.29, 0.717) is 17.3 Å². The second kappa shape index (κ2) is 4.38. The number of benzene rings is 1. The van der Waals surface area contributed by atoms with Gasteiger partial charge in [0.05, 0.1) is 6.04 Å². The molecule has 0 bridgehead atoms. The van der Waals surface area contributed by atoms with Gasteiger partial charge in [-0.05, 0) is 37.3 Å². The number of aromatic nitrogens is 2. The van der Waals surface area contributed by atoms with Crippen molar-refractivity contribution in [3.05, 3.63) is 35.2 Å². The topological polar surface area (TPSA) is 64.9 Å². The molecule has 1 atom stereocenters. The number of nitrogens with zero attached hydrogens (tertiary/aromatic N) is 2. The monoisotopic (exact) mass is 265 g/mol. The van der Waals surface area contributed by atoms with Crippen LogP contribution in [0.5, 0.6) is 0 Å². The molecule has 1 aromatic carbocycles. The molecule has 1 aromatic heterocycles. The lowest BCUT2D eigenvalue weighted by atomic mass is 10.1. The lowest BCUT2D eigenvalue weighted by Gasteiger charge is -2.03. The zero-order valence-corrected chi connectivity index (χ0v) is 10.4. The van der Waals surface area contributed by atoms with E-state index in [1.54, 1.807) is 6.92 Å². The van der Waals surface area contributed by atoms with Crippen molar-refractivity contribution >= 4 is 0 Å². The molecule has 0 radical (unpaired) electrons. The first kappa shape index (κ1) is 12.2. The molecule has 100 valence electrons. The van der Waals surface area contributed by atoms with Gasteiger partial charge in [0.15, 0.2) is 5.82 Å². The van der Waals surface area contributed by atoms with Crippen molar-refractivity contribution in [3.63, 3.8) is 0 Å². The van der Waals surface area contributed by atoms with E-state index in [1.807, 2.05) is 0 Å². The summed E-state index contributed by atoms with van der Waals surface area (Å²) >= 11 is 0. The quantitative estimate of drug-likeness (QED) is 0.926. The minimum absolute atomic E-state index is 0.162. The summed E-state index contributed by atoms with van der Waals surface area (Å²) in [6.45, 7) is 1.55. The van der Waals surface area contributed by atoms with Gasteiger partial charge in [0.25, 0.3) is 5.89 Å². The van der Waals surface area contributed by atoms with E-state index in [-0.39, 0.29) is 17.5 Å². The zero-order chi connectivity index (χ0) is 13.6. The van der Waals surface area contributed by atoms with Crippen LogP contribution in [0.1, 0.15) is 30.3 Å². The van der Waals surface area contributed by atoms with Gasteiger partial charge in [-0.3, -0.25) is 0 Å². The number of hydrogen-bond donors (Lipinski definition) is 1. The summed E-state index contributed by atoms with van der Waals surface area (Å²) in [6.07, 6.45) is 2.05. The Morgan fingerprint density at radius 1 is 1.37 bits per heavy atom. The second-order valence-electron chi connectivity index (χ2n) is 4.87. The predicted molar refractivity (Wildman–Crippen MR) is 64.0 cm³/mol. The molecule has 0 aliphatic heterocycles. The Balaban J connectivity index is 2.01. The lowest BCUT2D eigenvalue weighted by molar-refractivity contribution is 0.407. The average Bonchev–Trinajstić information content (AvgIpc) is 3.13. The van der Waals surface area contributed by atoms with Crippen LogP contribution >= 0.6 is 0 Å². The SMILES string of the molecule is Cc1ccc(F)c(-c2nc(C(N)C3CC3)no2)c1F. The highest BCUT2D eigenvalue weighted by Gasteiger charge is 2.33. The van der Waals surface area contributed by atoms with E-state index < -0.39 is 11.6 Å². The maximum absolute atomic E-state index is 13.9. The first-order chi connectivity index (χ1) is 9.08. The van der Waals surface area contributed by atoms with E-state index in [0.717, 1.165) is 12.8 Å². The van der Waals surface area contributed by atoms with E-state index in [4.69, 9.17) is 10.3 Å². The van der Waals surface area contributed by atoms with Crippen LogP contribution in [0.25, 0.3) is 11.5 Å². The van der Waals surface area contributed by atoms with Crippen LogP contribution in [-0.2, 0) is 0 Å². The van der Waals surface area contributed by atoms with Crippen LogP contribution in [0.4, 0.5) is 8.78 Å². The minimum Gasteiger partial charge on any atom is -0.334 e. The van der Waals surface area contributed by atoms with Crippen molar-refractivity contribution in [1.82, 2.24) is 10.1 Å². The maximum Gasteiger partial charge on any atom is 0.263 e. The molecule has 1 unspecified atom stereocenters. The molecule has 0 saturated heterocycles. The fourth-order valence-electron chi connectivity index (χ4n) is 1.99. The van der Waals surface area contributed by atoms with Crippen LogP contribution in [0.15, 0.2) is 16.7 Å². The molecule has 2 N–H and O–H groups in total. The Labute approximate surface area is 108 Å². The van der Waals surface area contributed by atoms with Crippen molar-refractivity contribution in [3.8, 4) is 11.5 Å². The molecule has 1 heterocycles. The summed E-state index contributed by atoms with van der Waals surface area (Å²) in [5.74, 6) is -0.922. The first-order valence-corrected chi connectivity index (χ1v) is 6.12. The molecule has 0 amide bonds. The molecular formula is C13H13F2N3O. The summed E-state index contributed by atoms with van der Waals surface area (Å²) in [5, 5.41) is 3.72. The van der Waals surface area contributed by atoms with Crippen molar-refractivity contribution in [2.24, 2.45) is 11.7 Å². The van der Waals surface area contributed by atoms with E-state index in [2.05, 4.69) is 10.1 Å². The molecule has 19 heavy (non-hydrogen) atoms. The molecular weight excluding hydrogens is 252 g/mol. The van der Waals surface area contributed by atoms with Crippen molar-refractivity contribution in [2.75, 3.05) is 0 Å². The van der Waals surface area contributed by atoms with Gasteiger partial charge in [0.2, 0.25) is 0 Å². The van der Waals surface area contributed by atoms with Gasteiger partial charge in [-0.1, -0.05) is 11.2 Å². The van der Waals surface area contributed by atoms with Crippen LogP contribution in [-0.4, -0.2) is 10.1 Å². The van der Waals surface area contributed by atoms with Gasteiger partial charge in [-0.25, -0.2) is 8.78 Å². The Hall–Kier alpha value is -1.82. The molecule has 6 heteroatoms. The molecule has 1 aliphatic rings. The molecule has 2 aromatic rings. The highest BCUT2D eigenvalue weighted by molar-refractivity contribution is 5.56. The van der Waals surface area contributed by atoms with E-state index >= 15 is 0 Å². The summed E-state index contributed by atoms with van der Waals surface area (Å²) in [5.41, 5.74) is 5.96. The van der Waals surface area contributed by atoms with Gasteiger partial charge in [-0.15, -0.1) is 0 Å². The predicted octanol–water partition coefficient (Wildman–Crippen LogP) is 2.73. The fraction of sp³-hybridized carbons (Fsp3) is 0.385. The third-order valence-electron chi connectivity index (χ3n) is 3.37. The number of rotatable bonds is 3. The third-order valence-corrected chi connectivity index (χ3v) is 3.37. The zero-order valence-electron chi connectivity index (χ0n) is 10.4. The maximum atomic E-state index is 13.9. The van der Waals surface area contributed by atoms with Crippen LogP contribution in [0, 0.1) is 24.5 Å². The third kappa shape index (κ3) is 2.12. The van der Waals surface area contributed by atoms with Gasteiger partial charge in [-0.2, -0.15) is 4.98 Å². The van der Waals surface area contributed by atoms with Gasteiger partial charge in [0.1, 0.15) is 17.2 Å². The van der Waals surface area contributed by atoms with Gasteiger partial charge >= 0.3 is 0 Å². The number of aryl methyl sites for hydroxylation is 1. The summed E-state index contributed by atoms with van der Waals surface area (Å²) in [4.78, 5) is 4.02. The molecule has 0 spiro atoms.